The normalized spacial score (nSPS) is 20.6. The van der Waals surface area contributed by atoms with Crippen LogP contribution in [0.2, 0.25) is 0 Å². The third-order valence-corrected chi connectivity index (χ3v) is 2.85. The van der Waals surface area contributed by atoms with Crippen LogP contribution in [0.25, 0.3) is 0 Å². The van der Waals surface area contributed by atoms with E-state index in [9.17, 15) is 0 Å². The van der Waals surface area contributed by atoms with Crippen molar-refractivity contribution in [1.29, 1.82) is 0 Å². The molecule has 1 saturated heterocycles. The Labute approximate surface area is 102 Å². The molecule has 1 N–H and O–H groups in total. The van der Waals surface area contributed by atoms with E-state index in [1.165, 1.54) is 0 Å². The molecule has 5 nitrogen and oxygen atoms in total. The van der Waals surface area contributed by atoms with Gasteiger partial charge in [0.15, 0.2) is 5.79 Å². The zero-order valence-electron chi connectivity index (χ0n) is 10.6. The minimum absolute atomic E-state index is 0.311. The van der Waals surface area contributed by atoms with Gasteiger partial charge < -0.3 is 19.4 Å². The van der Waals surface area contributed by atoms with Crippen LogP contribution in [-0.2, 0) is 16.0 Å². The topological polar surface area (TPSA) is 48.3 Å². The monoisotopic (exact) mass is 239 g/mol. The molecule has 0 aromatic carbocycles. The lowest BCUT2D eigenvalue weighted by atomic mass is 10.2. The van der Waals surface area contributed by atoms with E-state index < -0.39 is 5.79 Å². The fourth-order valence-corrected chi connectivity index (χ4v) is 1.80. The summed E-state index contributed by atoms with van der Waals surface area (Å²) in [5.41, 5.74) is 0. The van der Waals surface area contributed by atoms with Gasteiger partial charge in [-0.2, -0.15) is 0 Å². The predicted octanol–water partition coefficient (Wildman–Crippen LogP) is 1.01. The molecule has 1 aromatic rings. The molecule has 0 unspecified atom stereocenters. The van der Waals surface area contributed by atoms with Crippen LogP contribution < -0.4 is 5.32 Å². The molecule has 96 valence electrons. The number of nitrogens with one attached hydrogen (secondary N) is 1. The van der Waals surface area contributed by atoms with Crippen molar-refractivity contribution in [3.8, 4) is 0 Å². The predicted molar refractivity (Wildman–Crippen MR) is 64.6 cm³/mol. The molecule has 0 radical (unpaired) electrons. The summed E-state index contributed by atoms with van der Waals surface area (Å²) in [6.07, 6.45) is 6.71. The third-order valence-electron chi connectivity index (χ3n) is 2.85. The first-order valence-corrected chi connectivity index (χ1v) is 6.13. The number of ether oxygens (including phenoxy) is 2. The van der Waals surface area contributed by atoms with Crippen LogP contribution in [0.3, 0.4) is 0 Å². The zero-order chi connectivity index (χ0) is 12.1. The number of hydrogen-bond donors (Lipinski definition) is 1. The zero-order valence-corrected chi connectivity index (χ0v) is 10.6. The van der Waals surface area contributed by atoms with Gasteiger partial charge in [-0.15, -0.1) is 0 Å². The first-order valence-electron chi connectivity index (χ1n) is 6.13. The van der Waals surface area contributed by atoms with Crippen molar-refractivity contribution in [3.05, 3.63) is 18.7 Å². The molecule has 1 aliphatic rings. The van der Waals surface area contributed by atoms with Gasteiger partial charge in [0.05, 0.1) is 25.6 Å². The van der Waals surface area contributed by atoms with E-state index in [0.717, 1.165) is 32.7 Å². The molecule has 2 rings (SSSR count). The number of aromatic nitrogens is 2. The van der Waals surface area contributed by atoms with Gasteiger partial charge >= 0.3 is 0 Å². The van der Waals surface area contributed by atoms with E-state index in [1.807, 2.05) is 26.4 Å². The lowest BCUT2D eigenvalue weighted by Gasteiger charge is -2.35. The van der Waals surface area contributed by atoms with E-state index >= 15 is 0 Å². The Morgan fingerprint density at radius 2 is 2.18 bits per heavy atom. The second kappa shape index (κ2) is 5.62. The van der Waals surface area contributed by atoms with Gasteiger partial charge in [-0.05, 0) is 26.8 Å². The van der Waals surface area contributed by atoms with Gasteiger partial charge in [0, 0.05) is 18.9 Å². The summed E-state index contributed by atoms with van der Waals surface area (Å²) < 4.78 is 13.2. The summed E-state index contributed by atoms with van der Waals surface area (Å²) in [5.74, 6) is -0.422. The SMILES string of the molecule is CC1(C)OCC(NCCCn2ccnc2)CO1. The molecular formula is C12H21N3O2. The second-order valence-electron chi connectivity index (χ2n) is 4.83. The largest absolute Gasteiger partial charge is 0.349 e. The average molecular weight is 239 g/mol. The van der Waals surface area contributed by atoms with Crippen LogP contribution in [0.4, 0.5) is 0 Å². The van der Waals surface area contributed by atoms with Crippen molar-refractivity contribution in [2.24, 2.45) is 0 Å². The standard InChI is InChI=1S/C12H21N3O2/c1-12(2)16-8-11(9-17-12)14-4-3-6-15-7-5-13-10-15/h5,7,10-11,14H,3-4,6,8-9H2,1-2H3. The Balaban J connectivity index is 1.57. The maximum absolute atomic E-state index is 5.58. The van der Waals surface area contributed by atoms with Crippen LogP contribution in [-0.4, -0.2) is 41.1 Å². The molecule has 0 aliphatic carbocycles. The van der Waals surface area contributed by atoms with E-state index in [-0.39, 0.29) is 0 Å². The molecule has 0 spiro atoms. The Kier molecular flexibility index (Phi) is 4.15. The number of nitrogens with zero attached hydrogens (tertiary/aromatic N) is 2. The maximum Gasteiger partial charge on any atom is 0.162 e. The van der Waals surface area contributed by atoms with Crippen LogP contribution in [0.5, 0.6) is 0 Å². The van der Waals surface area contributed by atoms with Crippen molar-refractivity contribution in [2.75, 3.05) is 19.8 Å². The molecule has 1 aromatic heterocycles. The fraction of sp³-hybridized carbons (Fsp3) is 0.750. The van der Waals surface area contributed by atoms with Gasteiger partial charge in [0.25, 0.3) is 0 Å². The molecule has 0 bridgehead atoms. The van der Waals surface area contributed by atoms with Gasteiger partial charge in [-0.1, -0.05) is 0 Å². The Morgan fingerprint density at radius 3 is 2.82 bits per heavy atom. The highest BCUT2D eigenvalue weighted by molar-refractivity contribution is 4.75. The lowest BCUT2D eigenvalue weighted by molar-refractivity contribution is -0.252. The highest BCUT2D eigenvalue weighted by atomic mass is 16.7. The van der Waals surface area contributed by atoms with Crippen molar-refractivity contribution in [2.45, 2.75) is 38.6 Å². The lowest BCUT2D eigenvalue weighted by Crippen LogP contribution is -2.48. The average Bonchev–Trinajstić information content (AvgIpc) is 2.79. The van der Waals surface area contributed by atoms with E-state index in [1.54, 1.807) is 6.20 Å². The summed E-state index contributed by atoms with van der Waals surface area (Å²) >= 11 is 0. The summed E-state index contributed by atoms with van der Waals surface area (Å²) in [4.78, 5) is 4.01. The summed E-state index contributed by atoms with van der Waals surface area (Å²) in [7, 11) is 0. The molecule has 0 amide bonds. The minimum Gasteiger partial charge on any atom is -0.349 e. The summed E-state index contributed by atoms with van der Waals surface area (Å²) in [6.45, 7) is 7.30. The Hall–Kier alpha value is -0.910. The highest BCUT2D eigenvalue weighted by Crippen LogP contribution is 2.16. The molecular weight excluding hydrogens is 218 g/mol. The third kappa shape index (κ3) is 4.11. The molecule has 2 heterocycles. The van der Waals surface area contributed by atoms with Gasteiger partial charge in [0.1, 0.15) is 0 Å². The smallest absolute Gasteiger partial charge is 0.162 e. The minimum atomic E-state index is -0.422. The molecule has 5 heteroatoms. The van der Waals surface area contributed by atoms with Crippen molar-refractivity contribution >= 4 is 0 Å². The first-order chi connectivity index (χ1) is 8.16. The molecule has 0 atom stereocenters. The van der Waals surface area contributed by atoms with Crippen LogP contribution in [0.15, 0.2) is 18.7 Å². The summed E-state index contributed by atoms with van der Waals surface area (Å²) in [5, 5.41) is 3.44. The van der Waals surface area contributed by atoms with Crippen molar-refractivity contribution in [3.63, 3.8) is 0 Å². The highest BCUT2D eigenvalue weighted by Gasteiger charge is 2.27. The quantitative estimate of drug-likeness (QED) is 0.779. The molecule has 1 fully saturated rings. The Bertz CT molecular complexity index is 315. The molecule has 17 heavy (non-hydrogen) atoms. The van der Waals surface area contributed by atoms with Crippen LogP contribution in [0, 0.1) is 0 Å². The number of imidazole rings is 1. The van der Waals surface area contributed by atoms with Gasteiger partial charge in [-0.25, -0.2) is 4.98 Å². The summed E-state index contributed by atoms with van der Waals surface area (Å²) in [6, 6.07) is 0.311. The molecule has 0 saturated carbocycles. The number of hydrogen-bond acceptors (Lipinski definition) is 4. The van der Waals surface area contributed by atoms with Crippen LogP contribution >= 0.6 is 0 Å². The number of rotatable bonds is 5. The van der Waals surface area contributed by atoms with Gasteiger partial charge in [-0.3, -0.25) is 0 Å². The van der Waals surface area contributed by atoms with E-state index in [4.69, 9.17) is 9.47 Å². The van der Waals surface area contributed by atoms with Crippen LogP contribution in [0.1, 0.15) is 20.3 Å². The van der Waals surface area contributed by atoms with Gasteiger partial charge in [0.2, 0.25) is 0 Å². The van der Waals surface area contributed by atoms with E-state index in [2.05, 4.69) is 14.9 Å². The van der Waals surface area contributed by atoms with Crippen molar-refractivity contribution in [1.82, 2.24) is 14.9 Å². The molecule has 1 aliphatic heterocycles. The van der Waals surface area contributed by atoms with E-state index in [0.29, 0.717) is 6.04 Å². The first kappa shape index (κ1) is 12.5. The fourth-order valence-electron chi connectivity index (χ4n) is 1.80. The number of aryl methyl sites for hydroxylation is 1. The maximum atomic E-state index is 5.58. The Morgan fingerprint density at radius 1 is 1.41 bits per heavy atom. The second-order valence-corrected chi connectivity index (χ2v) is 4.83. The van der Waals surface area contributed by atoms with Crippen molar-refractivity contribution < 1.29 is 9.47 Å².